The van der Waals surface area contributed by atoms with Crippen molar-refractivity contribution < 1.29 is 24.4 Å². The summed E-state index contributed by atoms with van der Waals surface area (Å²) in [5.41, 5.74) is 1.05. The van der Waals surface area contributed by atoms with Gasteiger partial charge < -0.3 is 9.84 Å². The predicted octanol–water partition coefficient (Wildman–Crippen LogP) is 3.34. The molecule has 0 radical (unpaired) electrons. The molecule has 7 nitrogen and oxygen atoms in total. The Bertz CT molecular complexity index is 808. The molecule has 128 valence electrons. The first-order valence-electron chi connectivity index (χ1n) is 7.33. The van der Waals surface area contributed by atoms with Gasteiger partial charge in [0.2, 0.25) is 0 Å². The van der Waals surface area contributed by atoms with Gasteiger partial charge in [0.25, 0.3) is 5.69 Å². The fourth-order valence-corrected chi connectivity index (χ4v) is 1.93. The first kappa shape index (κ1) is 17.9. The molecule has 0 bridgehead atoms. The number of carboxylic acids is 1. The number of carbonyl (C=O) groups excluding carboxylic acids is 1. The second-order valence-corrected chi connectivity index (χ2v) is 5.17. The molecule has 0 aromatic heterocycles. The van der Waals surface area contributed by atoms with Gasteiger partial charge >= 0.3 is 5.97 Å². The van der Waals surface area contributed by atoms with Gasteiger partial charge in [-0.3, -0.25) is 14.9 Å². The molecule has 2 aromatic carbocycles. The number of non-ortho nitro benzene ring substituents is 1. The van der Waals surface area contributed by atoms with Gasteiger partial charge in [-0.1, -0.05) is 6.08 Å². The van der Waals surface area contributed by atoms with Crippen LogP contribution < -0.4 is 4.74 Å². The Kier molecular flexibility index (Phi) is 5.62. The smallest absolute Gasteiger partial charge is 0.344 e. The van der Waals surface area contributed by atoms with Crippen molar-refractivity contribution in [2.45, 2.75) is 13.0 Å². The van der Waals surface area contributed by atoms with Crippen molar-refractivity contribution in [1.29, 1.82) is 0 Å². The lowest BCUT2D eigenvalue weighted by Gasteiger charge is -2.10. The van der Waals surface area contributed by atoms with E-state index in [9.17, 15) is 19.7 Å². The van der Waals surface area contributed by atoms with E-state index in [1.165, 1.54) is 49.4 Å². The van der Waals surface area contributed by atoms with E-state index >= 15 is 0 Å². The van der Waals surface area contributed by atoms with Gasteiger partial charge in [0.15, 0.2) is 11.9 Å². The standard InChI is InChI=1S/C18H15NO6/c1-12(18(21)22)25-16-9-5-14(6-10-16)17(20)11-4-13-2-7-15(8-3-13)19(23)24/h2-12H,1H3,(H,21,22)/b11-4-/t12-/m1/s1. The molecule has 0 fully saturated rings. The van der Waals surface area contributed by atoms with E-state index in [2.05, 4.69) is 0 Å². The number of hydrogen-bond donors (Lipinski definition) is 1. The number of ketones is 1. The van der Waals surface area contributed by atoms with Crippen LogP contribution in [-0.4, -0.2) is 27.9 Å². The Morgan fingerprint density at radius 1 is 1.12 bits per heavy atom. The zero-order valence-corrected chi connectivity index (χ0v) is 13.3. The molecule has 1 atom stereocenters. The maximum absolute atomic E-state index is 12.1. The van der Waals surface area contributed by atoms with Crippen LogP contribution in [0.5, 0.6) is 5.75 Å². The highest BCUT2D eigenvalue weighted by Crippen LogP contribution is 2.16. The van der Waals surface area contributed by atoms with E-state index in [0.717, 1.165) is 0 Å². The molecule has 25 heavy (non-hydrogen) atoms. The van der Waals surface area contributed by atoms with Gasteiger partial charge in [-0.2, -0.15) is 0 Å². The molecule has 0 aliphatic rings. The Morgan fingerprint density at radius 3 is 2.24 bits per heavy atom. The minimum atomic E-state index is -1.08. The van der Waals surface area contributed by atoms with Crippen molar-refractivity contribution in [2.75, 3.05) is 0 Å². The van der Waals surface area contributed by atoms with E-state index in [4.69, 9.17) is 9.84 Å². The maximum atomic E-state index is 12.1. The lowest BCUT2D eigenvalue weighted by atomic mass is 10.1. The van der Waals surface area contributed by atoms with Gasteiger partial charge in [0, 0.05) is 17.7 Å². The highest BCUT2D eigenvalue weighted by molar-refractivity contribution is 6.06. The molecule has 0 spiro atoms. The topological polar surface area (TPSA) is 107 Å². The first-order valence-corrected chi connectivity index (χ1v) is 7.33. The summed E-state index contributed by atoms with van der Waals surface area (Å²) < 4.78 is 5.19. The summed E-state index contributed by atoms with van der Waals surface area (Å²) >= 11 is 0. The molecule has 0 amide bonds. The van der Waals surface area contributed by atoms with Crippen LogP contribution in [0.2, 0.25) is 0 Å². The number of nitrogens with zero attached hydrogens (tertiary/aromatic N) is 1. The number of nitro groups is 1. The van der Waals surface area contributed by atoms with Crippen LogP contribution in [0.25, 0.3) is 6.08 Å². The minimum Gasteiger partial charge on any atom is -0.479 e. The Morgan fingerprint density at radius 2 is 1.72 bits per heavy atom. The summed E-state index contributed by atoms with van der Waals surface area (Å²) in [6, 6.07) is 11.9. The molecule has 0 aliphatic heterocycles. The molecule has 0 aliphatic carbocycles. The summed E-state index contributed by atoms with van der Waals surface area (Å²) in [5, 5.41) is 19.4. The molecular weight excluding hydrogens is 326 g/mol. The molecule has 7 heteroatoms. The largest absolute Gasteiger partial charge is 0.479 e. The summed E-state index contributed by atoms with van der Waals surface area (Å²) in [4.78, 5) is 32.9. The Labute approximate surface area is 143 Å². The second-order valence-electron chi connectivity index (χ2n) is 5.17. The van der Waals surface area contributed by atoms with Crippen molar-refractivity contribution >= 4 is 23.5 Å². The van der Waals surface area contributed by atoms with Crippen LogP contribution in [0.4, 0.5) is 5.69 Å². The summed E-state index contributed by atoms with van der Waals surface area (Å²) in [7, 11) is 0. The number of carboxylic acid groups (broad SMARTS) is 1. The van der Waals surface area contributed by atoms with Crippen molar-refractivity contribution in [3.63, 3.8) is 0 Å². The number of nitro benzene ring substituents is 1. The number of benzene rings is 2. The van der Waals surface area contributed by atoms with Crippen LogP contribution in [0.3, 0.4) is 0 Å². The number of rotatable bonds is 7. The van der Waals surface area contributed by atoms with E-state index in [1.54, 1.807) is 18.2 Å². The molecule has 0 saturated heterocycles. The fraction of sp³-hybridized carbons (Fsp3) is 0.111. The lowest BCUT2D eigenvalue weighted by Crippen LogP contribution is -2.22. The third kappa shape index (κ3) is 5.00. The van der Waals surface area contributed by atoms with Gasteiger partial charge in [-0.25, -0.2) is 4.79 Å². The van der Waals surface area contributed by atoms with Crippen molar-refractivity contribution in [2.24, 2.45) is 0 Å². The van der Waals surface area contributed by atoms with Crippen molar-refractivity contribution in [1.82, 2.24) is 0 Å². The maximum Gasteiger partial charge on any atom is 0.344 e. The van der Waals surface area contributed by atoms with Crippen LogP contribution >= 0.6 is 0 Å². The van der Waals surface area contributed by atoms with E-state index in [1.807, 2.05) is 0 Å². The second kappa shape index (κ2) is 7.87. The molecule has 2 rings (SSSR count). The Hall–Kier alpha value is -3.48. The van der Waals surface area contributed by atoms with Gasteiger partial charge in [0.05, 0.1) is 4.92 Å². The third-order valence-corrected chi connectivity index (χ3v) is 3.33. The SMILES string of the molecule is C[C@@H](Oc1ccc(C(=O)/C=C\c2ccc([N+](=O)[O-])cc2)cc1)C(=O)O. The van der Waals surface area contributed by atoms with Gasteiger partial charge in [-0.05, 0) is 55.0 Å². The van der Waals surface area contributed by atoms with Gasteiger partial charge in [0.1, 0.15) is 5.75 Å². The molecule has 0 saturated carbocycles. The lowest BCUT2D eigenvalue weighted by molar-refractivity contribution is -0.384. The van der Waals surface area contributed by atoms with Crippen LogP contribution in [0, 0.1) is 10.1 Å². The van der Waals surface area contributed by atoms with E-state index in [0.29, 0.717) is 16.9 Å². The molecular formula is C18H15NO6. The first-order chi connectivity index (χ1) is 11.9. The van der Waals surface area contributed by atoms with Crippen LogP contribution in [-0.2, 0) is 4.79 Å². The van der Waals surface area contributed by atoms with Gasteiger partial charge in [-0.15, -0.1) is 0 Å². The number of carbonyl (C=O) groups is 2. The van der Waals surface area contributed by atoms with E-state index < -0.39 is 17.0 Å². The molecule has 2 aromatic rings. The summed E-state index contributed by atoms with van der Waals surface area (Å²) in [5.74, 6) is -0.979. The normalized spacial score (nSPS) is 11.9. The summed E-state index contributed by atoms with van der Waals surface area (Å²) in [6.07, 6.45) is 1.93. The average Bonchev–Trinajstić information content (AvgIpc) is 2.60. The number of allylic oxidation sites excluding steroid dienone is 1. The van der Waals surface area contributed by atoms with Crippen LogP contribution in [0.15, 0.2) is 54.6 Å². The fourth-order valence-electron chi connectivity index (χ4n) is 1.93. The van der Waals surface area contributed by atoms with E-state index in [-0.39, 0.29) is 11.5 Å². The third-order valence-electron chi connectivity index (χ3n) is 3.33. The monoisotopic (exact) mass is 341 g/mol. The molecule has 0 heterocycles. The minimum absolute atomic E-state index is 0.0188. The van der Waals surface area contributed by atoms with Crippen molar-refractivity contribution in [3.8, 4) is 5.75 Å². The quantitative estimate of drug-likeness (QED) is 0.358. The number of ether oxygens (including phenoxy) is 1. The zero-order valence-electron chi connectivity index (χ0n) is 13.3. The predicted molar refractivity (Wildman–Crippen MR) is 90.6 cm³/mol. The molecule has 0 unspecified atom stereocenters. The number of aliphatic carboxylic acids is 1. The van der Waals surface area contributed by atoms with Crippen LogP contribution in [0.1, 0.15) is 22.8 Å². The highest BCUT2D eigenvalue weighted by Gasteiger charge is 2.12. The molecule has 1 N–H and O–H groups in total. The average molecular weight is 341 g/mol. The zero-order chi connectivity index (χ0) is 18.4. The Balaban J connectivity index is 2.02. The number of hydrogen-bond acceptors (Lipinski definition) is 5. The summed E-state index contributed by atoms with van der Waals surface area (Å²) in [6.45, 7) is 1.41. The van der Waals surface area contributed by atoms with Crippen molar-refractivity contribution in [3.05, 3.63) is 75.8 Å². The highest BCUT2D eigenvalue weighted by atomic mass is 16.6.